The predicted molar refractivity (Wildman–Crippen MR) is 112 cm³/mol. The molecule has 1 aromatic heterocycles. The maximum atomic E-state index is 12.9. The molecule has 2 aliphatic heterocycles. The maximum Gasteiger partial charge on any atom is 0.217 e. The molecule has 0 aliphatic carbocycles. The molecule has 9 heteroatoms. The van der Waals surface area contributed by atoms with Crippen molar-refractivity contribution in [2.24, 2.45) is 0 Å². The zero-order valence-corrected chi connectivity index (χ0v) is 17.7. The number of rotatable bonds is 5. The van der Waals surface area contributed by atoms with Crippen molar-refractivity contribution in [2.75, 3.05) is 38.7 Å². The number of hydrogen-bond donors (Lipinski definition) is 1. The van der Waals surface area contributed by atoms with Gasteiger partial charge >= 0.3 is 0 Å². The van der Waals surface area contributed by atoms with Crippen molar-refractivity contribution in [3.05, 3.63) is 23.9 Å². The second kappa shape index (κ2) is 8.41. The summed E-state index contributed by atoms with van der Waals surface area (Å²) >= 11 is 0. The van der Waals surface area contributed by atoms with E-state index < -0.39 is 10.0 Å². The fourth-order valence-electron chi connectivity index (χ4n) is 4.02. The van der Waals surface area contributed by atoms with Crippen LogP contribution in [-0.2, 0) is 14.8 Å². The van der Waals surface area contributed by atoms with Gasteiger partial charge in [0.2, 0.25) is 10.0 Å². The van der Waals surface area contributed by atoms with Crippen LogP contribution < -0.4 is 10.1 Å². The Morgan fingerprint density at radius 2 is 1.83 bits per heavy atom. The highest BCUT2D eigenvalue weighted by molar-refractivity contribution is 7.89. The number of nitrogens with zero attached hydrogens (tertiary/aromatic N) is 3. The zero-order valence-electron chi connectivity index (χ0n) is 16.9. The smallest absolute Gasteiger partial charge is 0.217 e. The molecule has 2 aromatic rings. The van der Waals surface area contributed by atoms with Gasteiger partial charge in [-0.25, -0.2) is 22.7 Å². The Morgan fingerprint density at radius 3 is 2.52 bits per heavy atom. The summed E-state index contributed by atoms with van der Waals surface area (Å²) in [5.41, 5.74) is 2.42. The molecule has 1 aromatic carbocycles. The third kappa shape index (κ3) is 4.31. The Bertz CT molecular complexity index is 968. The van der Waals surface area contributed by atoms with Gasteiger partial charge in [0.05, 0.1) is 29.1 Å². The number of fused-ring (bicyclic) bond motifs is 1. The summed E-state index contributed by atoms with van der Waals surface area (Å²) in [5.74, 6) is 1.51. The summed E-state index contributed by atoms with van der Waals surface area (Å²) in [4.78, 5) is 9.35. The van der Waals surface area contributed by atoms with E-state index in [9.17, 15) is 8.42 Å². The van der Waals surface area contributed by atoms with Crippen molar-refractivity contribution >= 4 is 26.9 Å². The molecular weight excluding hydrogens is 392 g/mol. The molecule has 1 N–H and O–H groups in total. The summed E-state index contributed by atoms with van der Waals surface area (Å²) in [5, 5.41) is 3.18. The highest BCUT2D eigenvalue weighted by Crippen LogP contribution is 2.26. The van der Waals surface area contributed by atoms with E-state index >= 15 is 0 Å². The molecule has 0 radical (unpaired) electrons. The SMILES string of the molecule is COc1ccc2nc(NC3CCN(S(=O)(=O)C4CCOCC4)CC3)c(C)nc2c1. The predicted octanol–water partition coefficient (Wildman–Crippen LogP) is 2.33. The van der Waals surface area contributed by atoms with Crippen LogP contribution in [0.5, 0.6) is 5.75 Å². The van der Waals surface area contributed by atoms with Crippen molar-refractivity contribution in [1.82, 2.24) is 14.3 Å². The number of sulfonamides is 1. The van der Waals surface area contributed by atoms with Crippen LogP contribution in [0.2, 0.25) is 0 Å². The van der Waals surface area contributed by atoms with Crippen LogP contribution in [0.3, 0.4) is 0 Å². The average molecular weight is 421 g/mol. The molecular formula is C20H28N4O4S. The Balaban J connectivity index is 1.41. The number of piperidine rings is 1. The highest BCUT2D eigenvalue weighted by Gasteiger charge is 2.35. The van der Waals surface area contributed by atoms with Crippen LogP contribution in [0.25, 0.3) is 11.0 Å². The van der Waals surface area contributed by atoms with Gasteiger partial charge in [-0.2, -0.15) is 0 Å². The summed E-state index contributed by atoms with van der Waals surface area (Å²) in [7, 11) is -1.61. The molecule has 2 saturated heterocycles. The van der Waals surface area contributed by atoms with E-state index in [2.05, 4.69) is 10.3 Å². The lowest BCUT2D eigenvalue weighted by Crippen LogP contribution is -2.47. The number of methoxy groups -OCH3 is 1. The lowest BCUT2D eigenvalue weighted by atomic mass is 10.1. The molecule has 0 spiro atoms. The maximum absolute atomic E-state index is 12.9. The van der Waals surface area contributed by atoms with E-state index in [1.54, 1.807) is 11.4 Å². The third-order valence-corrected chi connectivity index (χ3v) is 8.19. The zero-order chi connectivity index (χ0) is 20.4. The number of anilines is 1. The van der Waals surface area contributed by atoms with Gasteiger partial charge in [-0.1, -0.05) is 0 Å². The summed E-state index contributed by atoms with van der Waals surface area (Å²) in [6.45, 7) is 4.07. The van der Waals surface area contributed by atoms with Crippen molar-refractivity contribution in [3.8, 4) is 5.75 Å². The van der Waals surface area contributed by atoms with Crippen LogP contribution in [0.15, 0.2) is 18.2 Å². The molecule has 2 aliphatic rings. The fourth-order valence-corrected chi connectivity index (χ4v) is 5.95. The first kappa shape index (κ1) is 20.3. The van der Waals surface area contributed by atoms with Crippen molar-refractivity contribution < 1.29 is 17.9 Å². The van der Waals surface area contributed by atoms with Crippen molar-refractivity contribution in [3.63, 3.8) is 0 Å². The third-order valence-electron chi connectivity index (χ3n) is 5.79. The van der Waals surface area contributed by atoms with Gasteiger partial charge < -0.3 is 14.8 Å². The van der Waals surface area contributed by atoms with Gasteiger partial charge in [0.15, 0.2) is 0 Å². The Hall–Kier alpha value is -1.97. The van der Waals surface area contributed by atoms with Gasteiger partial charge in [0, 0.05) is 38.4 Å². The number of hydrogen-bond acceptors (Lipinski definition) is 7. The van der Waals surface area contributed by atoms with Crippen LogP contribution in [-0.4, -0.2) is 67.4 Å². The number of ether oxygens (including phenoxy) is 2. The first-order valence-electron chi connectivity index (χ1n) is 10.1. The molecule has 4 rings (SSSR count). The van der Waals surface area contributed by atoms with E-state index in [0.29, 0.717) is 39.1 Å². The molecule has 2 fully saturated rings. The lowest BCUT2D eigenvalue weighted by Gasteiger charge is -2.35. The minimum atomic E-state index is -3.24. The minimum Gasteiger partial charge on any atom is -0.497 e. The van der Waals surface area contributed by atoms with Gasteiger partial charge in [-0.05, 0) is 44.7 Å². The largest absolute Gasteiger partial charge is 0.497 e. The summed E-state index contributed by atoms with van der Waals surface area (Å²) < 4.78 is 38.0. The lowest BCUT2D eigenvalue weighted by molar-refractivity contribution is 0.0969. The van der Waals surface area contributed by atoms with Gasteiger partial charge in [-0.15, -0.1) is 0 Å². The molecule has 0 amide bonds. The summed E-state index contributed by atoms with van der Waals surface area (Å²) in [6.07, 6.45) is 2.70. The van der Waals surface area contributed by atoms with E-state index in [-0.39, 0.29) is 11.3 Å². The molecule has 0 unspecified atom stereocenters. The number of nitrogens with one attached hydrogen (secondary N) is 1. The average Bonchev–Trinajstić information content (AvgIpc) is 2.75. The highest BCUT2D eigenvalue weighted by atomic mass is 32.2. The van der Waals surface area contributed by atoms with E-state index in [1.807, 2.05) is 25.1 Å². The fraction of sp³-hybridized carbons (Fsp3) is 0.600. The molecule has 29 heavy (non-hydrogen) atoms. The van der Waals surface area contributed by atoms with E-state index in [1.165, 1.54) is 0 Å². The molecule has 0 atom stereocenters. The quantitative estimate of drug-likeness (QED) is 0.793. The van der Waals surface area contributed by atoms with Crippen LogP contribution in [0.1, 0.15) is 31.4 Å². The topological polar surface area (TPSA) is 93.7 Å². The van der Waals surface area contributed by atoms with Crippen molar-refractivity contribution in [2.45, 2.75) is 43.9 Å². The van der Waals surface area contributed by atoms with Gasteiger partial charge in [0.25, 0.3) is 0 Å². The van der Waals surface area contributed by atoms with Crippen LogP contribution in [0.4, 0.5) is 5.82 Å². The number of aromatic nitrogens is 2. The molecule has 8 nitrogen and oxygen atoms in total. The summed E-state index contributed by atoms with van der Waals surface area (Å²) in [6, 6.07) is 5.82. The van der Waals surface area contributed by atoms with Crippen molar-refractivity contribution in [1.29, 1.82) is 0 Å². The normalized spacial score (nSPS) is 20.1. The van der Waals surface area contributed by atoms with Crippen LogP contribution >= 0.6 is 0 Å². The monoisotopic (exact) mass is 420 g/mol. The second-order valence-electron chi connectivity index (χ2n) is 7.69. The Labute approximate surface area is 171 Å². The first-order chi connectivity index (χ1) is 14.0. The van der Waals surface area contributed by atoms with Crippen LogP contribution in [0, 0.1) is 6.92 Å². The molecule has 158 valence electrons. The molecule has 0 bridgehead atoms. The van der Waals surface area contributed by atoms with E-state index in [0.717, 1.165) is 41.1 Å². The minimum absolute atomic E-state index is 0.180. The first-order valence-corrected chi connectivity index (χ1v) is 11.6. The number of aryl methyl sites for hydroxylation is 1. The molecule has 0 saturated carbocycles. The van der Waals surface area contributed by atoms with Gasteiger partial charge in [-0.3, -0.25) is 0 Å². The second-order valence-corrected chi connectivity index (χ2v) is 9.90. The standard InChI is InChI=1S/C20H28N4O4S/c1-14-20(23-18-4-3-16(27-2)13-19(18)21-14)22-15-5-9-24(10-6-15)29(25,26)17-7-11-28-12-8-17/h3-4,13,15,17H,5-12H2,1-2H3,(H,22,23). The Morgan fingerprint density at radius 1 is 1.10 bits per heavy atom. The molecule has 3 heterocycles. The van der Waals surface area contributed by atoms with Gasteiger partial charge in [0.1, 0.15) is 11.6 Å². The van der Waals surface area contributed by atoms with E-state index in [4.69, 9.17) is 14.5 Å². The Kier molecular flexibility index (Phi) is 5.89. The number of benzene rings is 1.